The monoisotopic (exact) mass is 366 g/mol. The number of halogens is 1. The molecule has 26 heavy (non-hydrogen) atoms. The van der Waals surface area contributed by atoms with E-state index in [9.17, 15) is 8.60 Å². The normalized spacial score (nSPS) is 11.8. The third-order valence-electron chi connectivity index (χ3n) is 4.12. The van der Waals surface area contributed by atoms with E-state index in [2.05, 4.69) is 11.1 Å². The quantitative estimate of drug-likeness (QED) is 0.692. The molecule has 130 valence electrons. The van der Waals surface area contributed by atoms with Crippen LogP contribution in [-0.4, -0.2) is 13.7 Å². The van der Waals surface area contributed by atoms with Crippen LogP contribution < -0.4 is 0 Å². The molecule has 4 nitrogen and oxygen atoms in total. The summed E-state index contributed by atoms with van der Waals surface area (Å²) in [6, 6.07) is 14.1. The Labute approximate surface area is 153 Å². The topological polar surface area (TPSA) is 74.0 Å². The number of pyridine rings is 1. The molecule has 1 aromatic heterocycles. The fourth-order valence-electron chi connectivity index (χ4n) is 2.80. The number of hydrogen-bond donors (Lipinski definition) is 1. The standard InChI is InChI=1S/C20H15FN2O2S/c1-13-8-14(2-4-16(13)10-22)18-6-7-23-11-19(18)15-3-5-17(12-26(24)25)20(21)9-15/h2-9,11H,12H2,1H3,(H,24,25). The van der Waals surface area contributed by atoms with E-state index in [-0.39, 0.29) is 11.3 Å². The van der Waals surface area contributed by atoms with E-state index in [0.29, 0.717) is 11.1 Å². The second-order valence-corrected chi connectivity index (χ2v) is 6.77. The molecule has 1 N–H and O–H groups in total. The molecule has 6 heteroatoms. The second-order valence-electron chi connectivity index (χ2n) is 5.83. The molecule has 0 aliphatic carbocycles. The van der Waals surface area contributed by atoms with Crippen LogP contribution in [0.5, 0.6) is 0 Å². The van der Waals surface area contributed by atoms with Gasteiger partial charge in [0.15, 0.2) is 11.1 Å². The molecule has 0 amide bonds. The first-order chi connectivity index (χ1) is 12.5. The number of aryl methyl sites for hydroxylation is 1. The lowest BCUT2D eigenvalue weighted by Gasteiger charge is -2.12. The van der Waals surface area contributed by atoms with Gasteiger partial charge in [0, 0.05) is 23.5 Å². The molecule has 0 aliphatic heterocycles. The maximum atomic E-state index is 14.3. The van der Waals surface area contributed by atoms with E-state index in [1.165, 1.54) is 12.1 Å². The van der Waals surface area contributed by atoms with Crippen LogP contribution in [0.2, 0.25) is 0 Å². The highest BCUT2D eigenvalue weighted by Crippen LogP contribution is 2.33. The van der Waals surface area contributed by atoms with Gasteiger partial charge in [0.05, 0.1) is 17.4 Å². The Morgan fingerprint density at radius 1 is 1.15 bits per heavy atom. The Hall–Kier alpha value is -2.88. The minimum Gasteiger partial charge on any atom is -0.306 e. The van der Waals surface area contributed by atoms with Gasteiger partial charge in [-0.25, -0.2) is 8.60 Å². The van der Waals surface area contributed by atoms with E-state index in [1.807, 2.05) is 25.1 Å². The van der Waals surface area contributed by atoms with Gasteiger partial charge >= 0.3 is 0 Å². The molecule has 1 unspecified atom stereocenters. The Bertz CT molecular complexity index is 1040. The van der Waals surface area contributed by atoms with Crippen molar-refractivity contribution in [2.45, 2.75) is 12.7 Å². The van der Waals surface area contributed by atoms with Gasteiger partial charge in [-0.15, -0.1) is 0 Å². The summed E-state index contributed by atoms with van der Waals surface area (Å²) in [5.41, 5.74) is 4.79. The van der Waals surface area contributed by atoms with E-state index in [1.54, 1.807) is 24.5 Å². The molecule has 1 atom stereocenters. The van der Waals surface area contributed by atoms with E-state index in [0.717, 1.165) is 22.3 Å². The molecule has 0 saturated carbocycles. The Morgan fingerprint density at radius 3 is 2.54 bits per heavy atom. The van der Waals surface area contributed by atoms with Crippen LogP contribution in [0.25, 0.3) is 22.3 Å². The summed E-state index contributed by atoms with van der Waals surface area (Å²) < 4.78 is 34.2. The van der Waals surface area contributed by atoms with E-state index < -0.39 is 16.9 Å². The maximum absolute atomic E-state index is 14.3. The van der Waals surface area contributed by atoms with Crippen molar-refractivity contribution in [3.05, 3.63) is 77.4 Å². The summed E-state index contributed by atoms with van der Waals surface area (Å²) >= 11 is -2.10. The van der Waals surface area contributed by atoms with Crippen molar-refractivity contribution in [3.8, 4) is 28.3 Å². The van der Waals surface area contributed by atoms with Gasteiger partial charge in [0.25, 0.3) is 0 Å². The van der Waals surface area contributed by atoms with Gasteiger partial charge < -0.3 is 4.55 Å². The molecule has 0 saturated heterocycles. The van der Waals surface area contributed by atoms with E-state index >= 15 is 0 Å². The minimum atomic E-state index is -2.10. The molecule has 0 fully saturated rings. The van der Waals surface area contributed by atoms with E-state index in [4.69, 9.17) is 9.81 Å². The second kappa shape index (κ2) is 7.56. The molecular weight excluding hydrogens is 351 g/mol. The third-order valence-corrected chi connectivity index (χ3v) is 4.68. The smallest absolute Gasteiger partial charge is 0.157 e. The highest BCUT2D eigenvalue weighted by Gasteiger charge is 2.12. The fourth-order valence-corrected chi connectivity index (χ4v) is 3.30. The number of aromatic nitrogens is 1. The minimum absolute atomic E-state index is 0.189. The van der Waals surface area contributed by atoms with Crippen molar-refractivity contribution < 1.29 is 13.2 Å². The van der Waals surface area contributed by atoms with Gasteiger partial charge in [-0.1, -0.05) is 24.3 Å². The van der Waals surface area contributed by atoms with Crippen molar-refractivity contribution in [1.29, 1.82) is 5.26 Å². The summed E-state index contributed by atoms with van der Waals surface area (Å²) in [6.45, 7) is 1.87. The summed E-state index contributed by atoms with van der Waals surface area (Å²) in [6.07, 6.45) is 3.31. The summed E-state index contributed by atoms with van der Waals surface area (Å²) in [5, 5.41) is 9.09. The number of nitriles is 1. The van der Waals surface area contributed by atoms with Gasteiger partial charge in [0.1, 0.15) is 5.82 Å². The molecule has 0 spiro atoms. The molecule has 0 bridgehead atoms. The number of benzene rings is 2. The molecule has 0 radical (unpaired) electrons. The van der Waals surface area contributed by atoms with Crippen LogP contribution in [0.1, 0.15) is 16.7 Å². The zero-order valence-corrected chi connectivity index (χ0v) is 14.8. The molecular formula is C20H15FN2O2S. The zero-order chi connectivity index (χ0) is 18.7. The lowest BCUT2D eigenvalue weighted by Crippen LogP contribution is -1.97. The van der Waals surface area contributed by atoms with Crippen LogP contribution >= 0.6 is 0 Å². The molecule has 2 aromatic carbocycles. The van der Waals surface area contributed by atoms with Gasteiger partial charge in [-0.05, 0) is 47.4 Å². The van der Waals surface area contributed by atoms with Gasteiger partial charge in [-0.2, -0.15) is 5.26 Å². The first kappa shape index (κ1) is 17.9. The average molecular weight is 366 g/mol. The number of rotatable bonds is 4. The van der Waals surface area contributed by atoms with Crippen LogP contribution in [0.3, 0.4) is 0 Å². The fraction of sp³-hybridized carbons (Fsp3) is 0.100. The van der Waals surface area contributed by atoms with Crippen LogP contribution in [-0.2, 0) is 16.8 Å². The summed E-state index contributed by atoms with van der Waals surface area (Å²) in [7, 11) is 0. The van der Waals surface area contributed by atoms with Crippen LogP contribution in [0, 0.1) is 24.1 Å². The Balaban J connectivity index is 2.08. The molecule has 0 aliphatic rings. The predicted molar refractivity (Wildman–Crippen MR) is 99.0 cm³/mol. The van der Waals surface area contributed by atoms with Crippen molar-refractivity contribution in [2.24, 2.45) is 0 Å². The van der Waals surface area contributed by atoms with Crippen molar-refractivity contribution in [1.82, 2.24) is 4.98 Å². The lowest BCUT2D eigenvalue weighted by molar-refractivity contribution is 0.559. The maximum Gasteiger partial charge on any atom is 0.157 e. The van der Waals surface area contributed by atoms with Gasteiger partial charge in [-0.3, -0.25) is 4.98 Å². The van der Waals surface area contributed by atoms with Gasteiger partial charge in [0.2, 0.25) is 0 Å². The first-order valence-corrected chi connectivity index (χ1v) is 9.08. The first-order valence-electron chi connectivity index (χ1n) is 7.81. The summed E-state index contributed by atoms with van der Waals surface area (Å²) in [4.78, 5) is 4.14. The number of hydrogen-bond acceptors (Lipinski definition) is 3. The Morgan fingerprint density at radius 2 is 1.88 bits per heavy atom. The lowest BCUT2D eigenvalue weighted by atomic mass is 9.94. The average Bonchev–Trinajstić information content (AvgIpc) is 2.63. The SMILES string of the molecule is Cc1cc(-c2ccncc2-c2ccc(CS(=O)O)c(F)c2)ccc1C#N. The van der Waals surface area contributed by atoms with Crippen molar-refractivity contribution in [2.75, 3.05) is 0 Å². The molecule has 3 aromatic rings. The third kappa shape index (κ3) is 3.69. The van der Waals surface area contributed by atoms with Crippen molar-refractivity contribution in [3.63, 3.8) is 0 Å². The van der Waals surface area contributed by atoms with Crippen LogP contribution in [0.4, 0.5) is 4.39 Å². The highest BCUT2D eigenvalue weighted by atomic mass is 32.2. The highest BCUT2D eigenvalue weighted by molar-refractivity contribution is 7.78. The van der Waals surface area contributed by atoms with Crippen molar-refractivity contribution >= 4 is 11.1 Å². The number of nitrogens with zero attached hydrogens (tertiary/aromatic N) is 2. The zero-order valence-electron chi connectivity index (χ0n) is 13.9. The summed E-state index contributed by atoms with van der Waals surface area (Å²) in [5.74, 6) is -0.781. The van der Waals surface area contributed by atoms with Crippen LogP contribution in [0.15, 0.2) is 54.9 Å². The molecule has 3 rings (SSSR count). The Kier molecular flexibility index (Phi) is 5.21. The largest absolute Gasteiger partial charge is 0.306 e. The predicted octanol–water partition coefficient (Wildman–Crippen LogP) is 4.46. The molecule has 1 heterocycles.